The zero-order valence-electron chi connectivity index (χ0n) is 9.76. The molecule has 0 aliphatic heterocycles. The van der Waals surface area contributed by atoms with Crippen molar-refractivity contribution in [3.05, 3.63) is 57.7 Å². The molecule has 0 fully saturated rings. The lowest BCUT2D eigenvalue weighted by Gasteiger charge is -2.04. The molecule has 106 valence electrons. The lowest BCUT2D eigenvalue weighted by molar-refractivity contribution is -0.387. The third-order valence-corrected chi connectivity index (χ3v) is 2.48. The largest absolute Gasteiger partial charge is 0.435 e. The van der Waals surface area contributed by atoms with E-state index in [1.807, 2.05) is 0 Å². The Morgan fingerprint density at radius 1 is 1.30 bits per heavy atom. The molecule has 0 aliphatic carbocycles. The van der Waals surface area contributed by atoms with Gasteiger partial charge >= 0.3 is 11.9 Å². The molecule has 1 aromatic heterocycles. The van der Waals surface area contributed by atoms with Crippen molar-refractivity contribution in [2.75, 3.05) is 0 Å². The van der Waals surface area contributed by atoms with Crippen molar-refractivity contribution in [3.8, 4) is 0 Å². The van der Waals surface area contributed by atoms with Crippen molar-refractivity contribution < 1.29 is 22.5 Å². The average molecular weight is 289 g/mol. The number of benzene rings is 1. The lowest BCUT2D eigenvalue weighted by atomic mass is 10.2. The van der Waals surface area contributed by atoms with Gasteiger partial charge in [0.1, 0.15) is 0 Å². The number of nitrogens with zero attached hydrogens (tertiary/aromatic N) is 3. The molecule has 0 spiro atoms. The van der Waals surface area contributed by atoms with Crippen LogP contribution in [0.1, 0.15) is 11.3 Å². The first-order valence-electron chi connectivity index (χ1n) is 5.31. The molecule has 1 aromatic carbocycles. The van der Waals surface area contributed by atoms with E-state index in [2.05, 4.69) is 5.10 Å². The summed E-state index contributed by atoms with van der Waals surface area (Å²) in [6.45, 7) is -0.120. The summed E-state index contributed by atoms with van der Waals surface area (Å²) >= 11 is 0. The molecule has 9 heteroatoms. The molecule has 0 atom stereocenters. The van der Waals surface area contributed by atoms with E-state index in [9.17, 15) is 27.7 Å². The van der Waals surface area contributed by atoms with Crippen LogP contribution in [0.4, 0.5) is 23.2 Å². The predicted octanol–water partition coefficient (Wildman–Crippen LogP) is 3.00. The van der Waals surface area contributed by atoms with Crippen LogP contribution >= 0.6 is 0 Å². The monoisotopic (exact) mass is 289 g/mol. The predicted molar refractivity (Wildman–Crippen MR) is 59.4 cm³/mol. The number of halogens is 4. The van der Waals surface area contributed by atoms with Crippen molar-refractivity contribution in [1.82, 2.24) is 9.78 Å². The zero-order valence-corrected chi connectivity index (χ0v) is 9.76. The molecule has 2 rings (SSSR count). The number of hydrogen-bond acceptors (Lipinski definition) is 3. The Bertz CT molecular complexity index is 651. The summed E-state index contributed by atoms with van der Waals surface area (Å²) in [5.41, 5.74) is -1.48. The lowest BCUT2D eigenvalue weighted by Crippen LogP contribution is -2.08. The van der Waals surface area contributed by atoms with Crippen LogP contribution in [0, 0.1) is 15.9 Å². The molecule has 1 heterocycles. The standard InChI is InChI=1S/C11H7F4N3O2/c12-8-5-7(1-2-9(8)18(19)20)6-17-4-3-10(16-17)11(13,14)15/h1-5H,6H2. The topological polar surface area (TPSA) is 61.0 Å². The van der Waals surface area contributed by atoms with Gasteiger partial charge in [-0.2, -0.15) is 22.7 Å². The highest BCUT2D eigenvalue weighted by molar-refractivity contribution is 5.35. The highest BCUT2D eigenvalue weighted by Crippen LogP contribution is 2.27. The molecule has 5 nitrogen and oxygen atoms in total. The van der Waals surface area contributed by atoms with E-state index in [1.165, 1.54) is 6.07 Å². The van der Waals surface area contributed by atoms with Crippen molar-refractivity contribution in [2.24, 2.45) is 0 Å². The van der Waals surface area contributed by atoms with Crippen LogP contribution in [0.2, 0.25) is 0 Å². The average Bonchev–Trinajstić information content (AvgIpc) is 2.76. The van der Waals surface area contributed by atoms with Gasteiger partial charge in [0.25, 0.3) is 0 Å². The normalized spacial score (nSPS) is 11.6. The van der Waals surface area contributed by atoms with Gasteiger partial charge in [-0.1, -0.05) is 6.07 Å². The Balaban J connectivity index is 2.20. The molecule has 0 unspecified atom stereocenters. The van der Waals surface area contributed by atoms with E-state index in [0.717, 1.165) is 29.1 Å². The number of alkyl halides is 3. The second-order valence-corrected chi connectivity index (χ2v) is 3.94. The van der Waals surface area contributed by atoms with Gasteiger partial charge in [0.2, 0.25) is 5.82 Å². The molecule has 20 heavy (non-hydrogen) atoms. The second kappa shape index (κ2) is 4.91. The number of nitro groups is 1. The van der Waals surface area contributed by atoms with Crippen LogP contribution in [0.25, 0.3) is 0 Å². The number of hydrogen-bond donors (Lipinski definition) is 0. The van der Waals surface area contributed by atoms with Crippen LogP contribution in [0.5, 0.6) is 0 Å². The van der Waals surface area contributed by atoms with E-state index >= 15 is 0 Å². The summed E-state index contributed by atoms with van der Waals surface area (Å²) < 4.78 is 51.3. The van der Waals surface area contributed by atoms with E-state index in [1.54, 1.807) is 0 Å². The van der Waals surface area contributed by atoms with Gasteiger partial charge in [0.05, 0.1) is 11.5 Å². The minimum Gasteiger partial charge on any atom is -0.268 e. The first kappa shape index (κ1) is 14.0. The second-order valence-electron chi connectivity index (χ2n) is 3.94. The van der Waals surface area contributed by atoms with Gasteiger partial charge in [-0.25, -0.2) is 0 Å². The van der Waals surface area contributed by atoms with Crippen molar-refractivity contribution >= 4 is 5.69 Å². The molecule has 0 N–H and O–H groups in total. The van der Waals surface area contributed by atoms with Crippen molar-refractivity contribution in [1.29, 1.82) is 0 Å². The molecule has 0 saturated heterocycles. The third-order valence-electron chi connectivity index (χ3n) is 2.48. The van der Waals surface area contributed by atoms with E-state index < -0.39 is 28.3 Å². The highest BCUT2D eigenvalue weighted by Gasteiger charge is 2.33. The molecular weight excluding hydrogens is 282 g/mol. The molecule has 2 aromatic rings. The van der Waals surface area contributed by atoms with Gasteiger partial charge in [-0.3, -0.25) is 14.8 Å². The first-order chi connectivity index (χ1) is 9.27. The van der Waals surface area contributed by atoms with E-state index in [-0.39, 0.29) is 12.1 Å². The molecule has 0 amide bonds. The Morgan fingerprint density at radius 2 is 2.00 bits per heavy atom. The maximum absolute atomic E-state index is 13.3. The van der Waals surface area contributed by atoms with Gasteiger partial charge in [0, 0.05) is 12.3 Å². The van der Waals surface area contributed by atoms with Crippen LogP contribution in [-0.2, 0) is 12.7 Å². The zero-order chi connectivity index (χ0) is 14.9. The third kappa shape index (κ3) is 2.92. The number of rotatable bonds is 3. The quantitative estimate of drug-likeness (QED) is 0.496. The SMILES string of the molecule is O=[N+]([O-])c1ccc(Cn2ccc(C(F)(F)F)n2)cc1F. The fourth-order valence-corrected chi connectivity index (χ4v) is 1.58. The van der Waals surface area contributed by atoms with Gasteiger partial charge in [-0.15, -0.1) is 0 Å². The molecule has 0 saturated carbocycles. The van der Waals surface area contributed by atoms with Gasteiger partial charge < -0.3 is 0 Å². The molecule has 0 aliphatic rings. The Labute approximate surface area is 109 Å². The Kier molecular flexibility index (Phi) is 3.43. The van der Waals surface area contributed by atoms with Gasteiger partial charge in [0.15, 0.2) is 5.69 Å². The fourth-order valence-electron chi connectivity index (χ4n) is 1.58. The fraction of sp³-hybridized carbons (Fsp3) is 0.182. The van der Waals surface area contributed by atoms with Crippen LogP contribution in [0.3, 0.4) is 0 Å². The minimum absolute atomic E-state index is 0.120. The Morgan fingerprint density at radius 3 is 2.50 bits per heavy atom. The van der Waals surface area contributed by atoms with Crippen LogP contribution < -0.4 is 0 Å². The molecule has 0 bridgehead atoms. The maximum Gasteiger partial charge on any atom is 0.435 e. The molecular formula is C11H7F4N3O2. The van der Waals surface area contributed by atoms with Crippen molar-refractivity contribution in [3.63, 3.8) is 0 Å². The maximum atomic E-state index is 13.3. The summed E-state index contributed by atoms with van der Waals surface area (Å²) in [4.78, 5) is 9.55. The minimum atomic E-state index is -4.55. The summed E-state index contributed by atoms with van der Waals surface area (Å²) in [5.74, 6) is -1.05. The van der Waals surface area contributed by atoms with E-state index in [4.69, 9.17) is 0 Å². The summed E-state index contributed by atoms with van der Waals surface area (Å²) in [5, 5.41) is 13.7. The smallest absolute Gasteiger partial charge is 0.268 e. The highest BCUT2D eigenvalue weighted by atomic mass is 19.4. The van der Waals surface area contributed by atoms with E-state index in [0.29, 0.717) is 0 Å². The number of aromatic nitrogens is 2. The summed E-state index contributed by atoms with van der Waals surface area (Å²) in [7, 11) is 0. The van der Waals surface area contributed by atoms with Crippen LogP contribution in [-0.4, -0.2) is 14.7 Å². The Hall–Kier alpha value is -2.45. The summed E-state index contributed by atoms with van der Waals surface area (Å²) in [6.07, 6.45) is -3.45. The van der Waals surface area contributed by atoms with Crippen LogP contribution in [0.15, 0.2) is 30.5 Å². The van der Waals surface area contributed by atoms with Crippen molar-refractivity contribution in [2.45, 2.75) is 12.7 Å². The molecule has 0 radical (unpaired) electrons. The summed E-state index contributed by atoms with van der Waals surface area (Å²) in [6, 6.07) is 3.91. The number of nitro benzene ring substituents is 1. The first-order valence-corrected chi connectivity index (χ1v) is 5.31. The van der Waals surface area contributed by atoms with Gasteiger partial charge in [-0.05, 0) is 17.7 Å².